The Labute approximate surface area is 137 Å². The Bertz CT molecular complexity index is 417. The van der Waals surface area contributed by atoms with Crippen LogP contribution in [0.1, 0.15) is 76.2 Å². The summed E-state index contributed by atoms with van der Waals surface area (Å²) in [6, 6.07) is 7.67. The molecule has 3 heteroatoms. The lowest BCUT2D eigenvalue weighted by atomic mass is 9.93. The standard InChI is InChI=1S/C18H27BrO2/c1-2-3-4-5-6-7-8-9-13-17(18(20)21)15-11-10-12-16(19)14-15/h10-12,14,17H,2-9,13H2,1H3,(H,20,21). The molecule has 1 atom stereocenters. The van der Waals surface area contributed by atoms with Gasteiger partial charge in [-0.05, 0) is 24.1 Å². The van der Waals surface area contributed by atoms with Crippen LogP contribution in [-0.2, 0) is 4.79 Å². The summed E-state index contributed by atoms with van der Waals surface area (Å²) in [5, 5.41) is 9.40. The van der Waals surface area contributed by atoms with Crippen molar-refractivity contribution in [3.63, 3.8) is 0 Å². The van der Waals surface area contributed by atoms with Crippen molar-refractivity contribution in [2.45, 2.75) is 70.6 Å². The minimum Gasteiger partial charge on any atom is -0.481 e. The Hall–Kier alpha value is -0.830. The number of carboxylic acids is 1. The lowest BCUT2D eigenvalue weighted by Gasteiger charge is -2.13. The second-order valence-electron chi connectivity index (χ2n) is 5.71. The number of rotatable bonds is 11. The first kappa shape index (κ1) is 18.2. The highest BCUT2D eigenvalue weighted by atomic mass is 79.9. The summed E-state index contributed by atoms with van der Waals surface area (Å²) >= 11 is 3.41. The third kappa shape index (κ3) is 7.66. The first-order valence-electron chi connectivity index (χ1n) is 8.13. The van der Waals surface area contributed by atoms with Crippen LogP contribution in [0.3, 0.4) is 0 Å². The van der Waals surface area contributed by atoms with Crippen molar-refractivity contribution < 1.29 is 9.90 Å². The van der Waals surface area contributed by atoms with E-state index in [1.165, 1.54) is 38.5 Å². The molecule has 118 valence electrons. The van der Waals surface area contributed by atoms with Gasteiger partial charge >= 0.3 is 5.97 Å². The van der Waals surface area contributed by atoms with Gasteiger partial charge in [0.15, 0.2) is 0 Å². The van der Waals surface area contributed by atoms with Crippen LogP contribution >= 0.6 is 15.9 Å². The minimum absolute atomic E-state index is 0.373. The fraction of sp³-hybridized carbons (Fsp3) is 0.611. The van der Waals surface area contributed by atoms with Gasteiger partial charge in [-0.3, -0.25) is 4.79 Å². The summed E-state index contributed by atoms with van der Waals surface area (Å²) in [4.78, 5) is 11.4. The van der Waals surface area contributed by atoms with Crippen molar-refractivity contribution in [1.82, 2.24) is 0 Å². The molecule has 1 N–H and O–H groups in total. The molecule has 0 fully saturated rings. The minimum atomic E-state index is -0.712. The quantitative estimate of drug-likeness (QED) is 0.484. The molecule has 0 aromatic heterocycles. The van der Waals surface area contributed by atoms with Crippen LogP contribution in [0.15, 0.2) is 28.7 Å². The van der Waals surface area contributed by atoms with Gasteiger partial charge in [0, 0.05) is 4.47 Å². The van der Waals surface area contributed by atoms with Gasteiger partial charge in [-0.25, -0.2) is 0 Å². The number of carboxylic acid groups (broad SMARTS) is 1. The molecule has 1 rings (SSSR count). The molecular formula is C18H27BrO2. The molecule has 0 radical (unpaired) electrons. The highest BCUT2D eigenvalue weighted by molar-refractivity contribution is 9.10. The Balaban J connectivity index is 2.28. The molecule has 1 aromatic carbocycles. The van der Waals surface area contributed by atoms with Crippen LogP contribution in [-0.4, -0.2) is 11.1 Å². The predicted molar refractivity (Wildman–Crippen MR) is 91.7 cm³/mol. The maximum atomic E-state index is 11.4. The van der Waals surface area contributed by atoms with Gasteiger partial charge in [0.05, 0.1) is 5.92 Å². The third-order valence-electron chi connectivity index (χ3n) is 3.90. The second kappa shape index (κ2) is 10.8. The molecule has 0 spiro atoms. The Morgan fingerprint density at radius 2 is 1.71 bits per heavy atom. The van der Waals surface area contributed by atoms with E-state index >= 15 is 0 Å². The second-order valence-corrected chi connectivity index (χ2v) is 6.63. The Kier molecular flexibility index (Phi) is 9.40. The summed E-state index contributed by atoms with van der Waals surface area (Å²) in [7, 11) is 0. The summed E-state index contributed by atoms with van der Waals surface area (Å²) in [6.07, 6.45) is 10.7. The number of benzene rings is 1. The van der Waals surface area contributed by atoms with Crippen molar-refractivity contribution in [2.75, 3.05) is 0 Å². The van der Waals surface area contributed by atoms with Crippen LogP contribution < -0.4 is 0 Å². The first-order chi connectivity index (χ1) is 10.1. The zero-order chi connectivity index (χ0) is 15.5. The van der Waals surface area contributed by atoms with Crippen molar-refractivity contribution in [3.05, 3.63) is 34.3 Å². The summed E-state index contributed by atoms with van der Waals surface area (Å²) in [5.74, 6) is -1.08. The molecule has 0 heterocycles. The van der Waals surface area contributed by atoms with Crippen LogP contribution in [0.5, 0.6) is 0 Å². The van der Waals surface area contributed by atoms with Gasteiger partial charge in [0.2, 0.25) is 0 Å². The molecule has 1 unspecified atom stereocenters. The smallest absolute Gasteiger partial charge is 0.310 e. The number of aliphatic carboxylic acids is 1. The topological polar surface area (TPSA) is 37.3 Å². The number of hydrogen-bond donors (Lipinski definition) is 1. The number of unbranched alkanes of at least 4 members (excludes halogenated alkanes) is 7. The Morgan fingerprint density at radius 1 is 1.10 bits per heavy atom. The lowest BCUT2D eigenvalue weighted by Crippen LogP contribution is -2.11. The monoisotopic (exact) mass is 354 g/mol. The van der Waals surface area contributed by atoms with Crippen LogP contribution in [0, 0.1) is 0 Å². The summed E-state index contributed by atoms with van der Waals surface area (Å²) in [6.45, 7) is 2.23. The van der Waals surface area contributed by atoms with E-state index in [-0.39, 0.29) is 5.92 Å². The molecule has 0 aliphatic carbocycles. The maximum absolute atomic E-state index is 11.4. The predicted octanol–water partition coefficient (Wildman–Crippen LogP) is 6.15. The van der Waals surface area contributed by atoms with E-state index in [2.05, 4.69) is 22.9 Å². The van der Waals surface area contributed by atoms with Gasteiger partial charge in [-0.1, -0.05) is 86.4 Å². The van der Waals surface area contributed by atoms with Crippen LogP contribution in [0.2, 0.25) is 0 Å². The normalized spacial score (nSPS) is 12.3. The zero-order valence-electron chi connectivity index (χ0n) is 13.0. The van der Waals surface area contributed by atoms with Crippen molar-refractivity contribution in [3.8, 4) is 0 Å². The van der Waals surface area contributed by atoms with E-state index in [1.807, 2.05) is 24.3 Å². The van der Waals surface area contributed by atoms with E-state index in [9.17, 15) is 9.90 Å². The highest BCUT2D eigenvalue weighted by Crippen LogP contribution is 2.25. The maximum Gasteiger partial charge on any atom is 0.310 e. The fourth-order valence-corrected chi connectivity index (χ4v) is 3.06. The molecule has 2 nitrogen and oxygen atoms in total. The van der Waals surface area contributed by atoms with Crippen molar-refractivity contribution in [1.29, 1.82) is 0 Å². The molecule has 0 aliphatic heterocycles. The van der Waals surface area contributed by atoms with Gasteiger partial charge < -0.3 is 5.11 Å². The molecule has 0 amide bonds. The van der Waals surface area contributed by atoms with Crippen LogP contribution in [0.4, 0.5) is 0 Å². The van der Waals surface area contributed by atoms with E-state index in [4.69, 9.17) is 0 Å². The van der Waals surface area contributed by atoms with Gasteiger partial charge in [-0.15, -0.1) is 0 Å². The molecular weight excluding hydrogens is 328 g/mol. The average molecular weight is 355 g/mol. The van der Waals surface area contributed by atoms with Gasteiger partial charge in [0.25, 0.3) is 0 Å². The summed E-state index contributed by atoms with van der Waals surface area (Å²) < 4.78 is 0.946. The van der Waals surface area contributed by atoms with Crippen molar-refractivity contribution >= 4 is 21.9 Å². The molecule has 1 aromatic rings. The fourth-order valence-electron chi connectivity index (χ4n) is 2.64. The van der Waals surface area contributed by atoms with E-state index in [1.54, 1.807) is 0 Å². The Morgan fingerprint density at radius 3 is 2.29 bits per heavy atom. The molecule has 0 saturated carbocycles. The molecule has 0 bridgehead atoms. The summed E-state index contributed by atoms with van der Waals surface area (Å²) in [5.41, 5.74) is 0.903. The molecule has 0 aliphatic rings. The zero-order valence-corrected chi connectivity index (χ0v) is 14.6. The van der Waals surface area contributed by atoms with Crippen molar-refractivity contribution in [2.24, 2.45) is 0 Å². The van der Waals surface area contributed by atoms with E-state index < -0.39 is 5.97 Å². The van der Waals surface area contributed by atoms with E-state index in [0.29, 0.717) is 0 Å². The third-order valence-corrected chi connectivity index (χ3v) is 4.39. The largest absolute Gasteiger partial charge is 0.481 e. The lowest BCUT2D eigenvalue weighted by molar-refractivity contribution is -0.139. The van der Waals surface area contributed by atoms with Gasteiger partial charge in [0.1, 0.15) is 0 Å². The SMILES string of the molecule is CCCCCCCCCCC(C(=O)O)c1cccc(Br)c1. The number of carbonyl (C=O) groups is 1. The van der Waals surface area contributed by atoms with Gasteiger partial charge in [-0.2, -0.15) is 0 Å². The molecule has 21 heavy (non-hydrogen) atoms. The first-order valence-corrected chi connectivity index (χ1v) is 8.92. The number of hydrogen-bond acceptors (Lipinski definition) is 1. The van der Waals surface area contributed by atoms with Crippen LogP contribution in [0.25, 0.3) is 0 Å². The average Bonchev–Trinajstić information content (AvgIpc) is 2.45. The number of halogens is 1. The van der Waals surface area contributed by atoms with E-state index in [0.717, 1.165) is 29.3 Å². The highest BCUT2D eigenvalue weighted by Gasteiger charge is 2.19. The molecule has 0 saturated heterocycles.